The lowest BCUT2D eigenvalue weighted by atomic mass is 10.0. The number of hydrogen-bond acceptors (Lipinski definition) is 3. The van der Waals surface area contributed by atoms with Gasteiger partial charge in [0.1, 0.15) is 6.04 Å². The molecule has 0 spiro atoms. The SMILES string of the molecule is CC(C)S(=O)(=O)NC1CCC(C(F)(F)F)NC1. The highest BCUT2D eigenvalue weighted by Crippen LogP contribution is 2.26. The predicted octanol–water partition coefficient (Wildman–Crippen LogP) is 0.997. The maximum atomic E-state index is 12.3. The molecule has 1 aliphatic heterocycles. The van der Waals surface area contributed by atoms with E-state index in [0.717, 1.165) is 0 Å². The summed E-state index contributed by atoms with van der Waals surface area (Å²) in [6, 6.07) is -1.98. The molecule has 1 aliphatic rings. The molecule has 0 bridgehead atoms. The zero-order valence-electron chi connectivity index (χ0n) is 9.71. The van der Waals surface area contributed by atoms with E-state index in [1.54, 1.807) is 0 Å². The largest absolute Gasteiger partial charge is 0.403 e. The summed E-state index contributed by atoms with van der Waals surface area (Å²) in [5.41, 5.74) is 0. The van der Waals surface area contributed by atoms with Crippen LogP contribution in [-0.4, -0.2) is 38.5 Å². The summed E-state index contributed by atoms with van der Waals surface area (Å²) >= 11 is 0. The quantitative estimate of drug-likeness (QED) is 0.807. The number of hydrogen-bond donors (Lipinski definition) is 2. The molecule has 0 saturated carbocycles. The first-order valence-electron chi connectivity index (χ1n) is 5.44. The lowest BCUT2D eigenvalue weighted by Crippen LogP contribution is -2.54. The number of nitrogens with one attached hydrogen (secondary N) is 2. The van der Waals surface area contributed by atoms with Crippen LogP contribution in [0.15, 0.2) is 0 Å². The predicted molar refractivity (Wildman–Crippen MR) is 58.1 cm³/mol. The van der Waals surface area contributed by atoms with Crippen molar-refractivity contribution in [1.29, 1.82) is 0 Å². The van der Waals surface area contributed by atoms with Gasteiger partial charge < -0.3 is 5.32 Å². The summed E-state index contributed by atoms with van der Waals surface area (Å²) in [6.07, 6.45) is -4.17. The zero-order valence-corrected chi connectivity index (χ0v) is 10.5. The fourth-order valence-electron chi connectivity index (χ4n) is 1.60. The van der Waals surface area contributed by atoms with Gasteiger partial charge in [-0.2, -0.15) is 13.2 Å². The van der Waals surface area contributed by atoms with Crippen LogP contribution in [-0.2, 0) is 10.0 Å². The Morgan fingerprint density at radius 2 is 1.88 bits per heavy atom. The normalized spacial score (nSPS) is 27.4. The van der Waals surface area contributed by atoms with Crippen molar-refractivity contribution in [2.75, 3.05) is 6.54 Å². The first-order valence-corrected chi connectivity index (χ1v) is 6.99. The van der Waals surface area contributed by atoms with Gasteiger partial charge in [-0.05, 0) is 26.7 Å². The van der Waals surface area contributed by atoms with Crippen LogP contribution >= 0.6 is 0 Å². The minimum Gasteiger partial charge on any atom is -0.305 e. The molecule has 1 rings (SSSR count). The number of piperidine rings is 1. The molecule has 17 heavy (non-hydrogen) atoms. The number of halogens is 3. The van der Waals surface area contributed by atoms with Gasteiger partial charge in [-0.25, -0.2) is 13.1 Å². The van der Waals surface area contributed by atoms with Gasteiger partial charge in [-0.3, -0.25) is 0 Å². The summed E-state index contributed by atoms with van der Waals surface area (Å²) in [4.78, 5) is 0. The maximum Gasteiger partial charge on any atom is 0.403 e. The molecule has 0 aromatic heterocycles. The molecule has 8 heteroatoms. The van der Waals surface area contributed by atoms with Crippen molar-refractivity contribution in [2.24, 2.45) is 0 Å². The van der Waals surface area contributed by atoms with Crippen molar-refractivity contribution >= 4 is 10.0 Å². The van der Waals surface area contributed by atoms with E-state index in [0.29, 0.717) is 0 Å². The van der Waals surface area contributed by atoms with E-state index >= 15 is 0 Å². The Hall–Kier alpha value is -0.340. The third kappa shape index (κ3) is 4.11. The Balaban J connectivity index is 2.49. The minimum absolute atomic E-state index is 0.0100. The topological polar surface area (TPSA) is 58.2 Å². The van der Waals surface area contributed by atoms with E-state index in [9.17, 15) is 21.6 Å². The van der Waals surface area contributed by atoms with E-state index in [4.69, 9.17) is 0 Å². The van der Waals surface area contributed by atoms with Crippen LogP contribution in [0.2, 0.25) is 0 Å². The molecule has 1 fully saturated rings. The highest BCUT2D eigenvalue weighted by Gasteiger charge is 2.41. The van der Waals surface area contributed by atoms with Crippen molar-refractivity contribution in [1.82, 2.24) is 10.0 Å². The van der Waals surface area contributed by atoms with Crippen LogP contribution in [0, 0.1) is 0 Å². The number of alkyl halides is 3. The third-order valence-corrected chi connectivity index (χ3v) is 4.66. The van der Waals surface area contributed by atoms with Crippen LogP contribution < -0.4 is 10.0 Å². The van der Waals surface area contributed by atoms with Gasteiger partial charge in [-0.1, -0.05) is 0 Å². The first-order chi connectivity index (χ1) is 7.63. The van der Waals surface area contributed by atoms with Crippen LogP contribution in [0.4, 0.5) is 13.2 Å². The van der Waals surface area contributed by atoms with Crippen LogP contribution in [0.25, 0.3) is 0 Å². The van der Waals surface area contributed by atoms with Crippen LogP contribution in [0.5, 0.6) is 0 Å². The fraction of sp³-hybridized carbons (Fsp3) is 1.00. The molecule has 0 amide bonds. The van der Waals surface area contributed by atoms with Crippen molar-refractivity contribution in [3.8, 4) is 0 Å². The van der Waals surface area contributed by atoms with E-state index in [2.05, 4.69) is 10.0 Å². The van der Waals surface area contributed by atoms with Gasteiger partial charge in [0, 0.05) is 12.6 Å². The Kier molecular flexibility index (Phi) is 4.43. The second kappa shape index (κ2) is 5.11. The highest BCUT2D eigenvalue weighted by molar-refractivity contribution is 7.90. The first kappa shape index (κ1) is 14.7. The summed E-state index contributed by atoms with van der Waals surface area (Å²) in [6.45, 7) is 3.06. The van der Waals surface area contributed by atoms with Gasteiger partial charge in [0.15, 0.2) is 0 Å². The van der Waals surface area contributed by atoms with Crippen molar-refractivity contribution < 1.29 is 21.6 Å². The van der Waals surface area contributed by atoms with Gasteiger partial charge in [0.2, 0.25) is 10.0 Å². The zero-order chi connectivity index (χ0) is 13.3. The molecule has 102 valence electrons. The van der Waals surface area contributed by atoms with E-state index in [1.807, 2.05) is 0 Å². The third-order valence-electron chi connectivity index (χ3n) is 2.76. The molecule has 4 nitrogen and oxygen atoms in total. The average molecular weight is 274 g/mol. The molecule has 0 aromatic rings. The van der Waals surface area contributed by atoms with Crippen LogP contribution in [0.1, 0.15) is 26.7 Å². The van der Waals surface area contributed by atoms with Crippen molar-refractivity contribution in [3.63, 3.8) is 0 Å². The standard InChI is InChI=1S/C9H17F3N2O2S/c1-6(2)17(15,16)14-7-3-4-8(13-5-7)9(10,11)12/h6-8,13-14H,3-5H2,1-2H3. The Morgan fingerprint density at radius 1 is 1.29 bits per heavy atom. The molecule has 0 aromatic carbocycles. The molecule has 2 atom stereocenters. The summed E-state index contributed by atoms with van der Waals surface area (Å²) < 4.78 is 62.4. The summed E-state index contributed by atoms with van der Waals surface area (Å²) in [5, 5.41) is 1.74. The Labute approximate surface area is 99.0 Å². The summed E-state index contributed by atoms with van der Waals surface area (Å²) in [7, 11) is -3.42. The molecule has 1 saturated heterocycles. The fourth-order valence-corrected chi connectivity index (χ4v) is 2.54. The molecule has 0 radical (unpaired) electrons. The second-order valence-electron chi connectivity index (χ2n) is 4.49. The minimum atomic E-state index is -4.26. The molecule has 2 unspecified atom stereocenters. The van der Waals surface area contributed by atoms with Gasteiger partial charge >= 0.3 is 6.18 Å². The van der Waals surface area contributed by atoms with E-state index < -0.39 is 33.5 Å². The smallest absolute Gasteiger partial charge is 0.305 e. The molecule has 1 heterocycles. The second-order valence-corrected chi connectivity index (χ2v) is 6.76. The van der Waals surface area contributed by atoms with Gasteiger partial charge in [-0.15, -0.1) is 0 Å². The summed E-state index contributed by atoms with van der Waals surface area (Å²) in [5.74, 6) is 0. The molecular formula is C9H17F3N2O2S. The van der Waals surface area contributed by atoms with Crippen molar-refractivity contribution in [3.05, 3.63) is 0 Å². The van der Waals surface area contributed by atoms with Crippen molar-refractivity contribution in [2.45, 2.75) is 50.2 Å². The van der Waals surface area contributed by atoms with Crippen LogP contribution in [0.3, 0.4) is 0 Å². The maximum absolute atomic E-state index is 12.3. The van der Waals surface area contributed by atoms with Gasteiger partial charge in [0.05, 0.1) is 5.25 Å². The Morgan fingerprint density at radius 3 is 2.24 bits per heavy atom. The molecule has 2 N–H and O–H groups in total. The molecular weight excluding hydrogens is 257 g/mol. The van der Waals surface area contributed by atoms with Gasteiger partial charge in [0.25, 0.3) is 0 Å². The lowest BCUT2D eigenvalue weighted by Gasteiger charge is -2.31. The van der Waals surface area contributed by atoms with E-state index in [1.165, 1.54) is 13.8 Å². The number of rotatable bonds is 3. The number of sulfonamides is 1. The molecule has 0 aliphatic carbocycles. The lowest BCUT2D eigenvalue weighted by molar-refractivity contribution is -0.160. The van der Waals surface area contributed by atoms with E-state index in [-0.39, 0.29) is 19.4 Å². The average Bonchev–Trinajstić information content (AvgIpc) is 2.16. The monoisotopic (exact) mass is 274 g/mol. The Bertz CT molecular complexity index is 346. The highest BCUT2D eigenvalue weighted by atomic mass is 32.2.